The first-order valence-electron chi connectivity index (χ1n) is 8.75. The molecule has 0 saturated heterocycles. The first kappa shape index (κ1) is 17.7. The Morgan fingerprint density at radius 1 is 1.00 bits per heavy atom. The number of nitrogens with zero attached hydrogens (tertiary/aromatic N) is 2. The molecular weight excluding hydrogens is 324 g/mol. The fourth-order valence-corrected chi connectivity index (χ4v) is 2.53. The second-order valence-corrected chi connectivity index (χ2v) is 6.36. The van der Waals surface area contributed by atoms with Crippen molar-refractivity contribution in [1.82, 2.24) is 9.97 Å². The fraction of sp³-hybridized carbons (Fsp3) is 0.238. The van der Waals surface area contributed by atoms with Crippen LogP contribution < -0.4 is 15.4 Å². The van der Waals surface area contributed by atoms with Crippen molar-refractivity contribution in [1.29, 1.82) is 0 Å². The average Bonchev–Trinajstić information content (AvgIpc) is 2.63. The first-order valence-corrected chi connectivity index (χ1v) is 8.75. The monoisotopic (exact) mass is 348 g/mol. The van der Waals surface area contributed by atoms with E-state index in [4.69, 9.17) is 4.74 Å². The second kappa shape index (κ2) is 8.34. The molecule has 0 atom stereocenters. The molecule has 0 bridgehead atoms. The number of aryl methyl sites for hydroxylation is 1. The number of anilines is 3. The molecule has 3 rings (SSSR count). The van der Waals surface area contributed by atoms with E-state index in [-0.39, 0.29) is 6.10 Å². The van der Waals surface area contributed by atoms with Gasteiger partial charge in [-0.15, -0.1) is 0 Å². The van der Waals surface area contributed by atoms with Gasteiger partial charge in [0.2, 0.25) is 5.95 Å². The van der Waals surface area contributed by atoms with Crippen LogP contribution in [0.15, 0.2) is 60.8 Å². The summed E-state index contributed by atoms with van der Waals surface area (Å²) in [5.41, 5.74) is 3.43. The third kappa shape index (κ3) is 4.96. The smallest absolute Gasteiger partial charge is 0.229 e. The molecule has 0 saturated carbocycles. The van der Waals surface area contributed by atoms with Gasteiger partial charge in [0.15, 0.2) is 0 Å². The fourth-order valence-electron chi connectivity index (χ4n) is 2.53. The second-order valence-electron chi connectivity index (χ2n) is 6.36. The van der Waals surface area contributed by atoms with Gasteiger partial charge in [-0.3, -0.25) is 0 Å². The van der Waals surface area contributed by atoms with Crippen molar-refractivity contribution in [2.24, 2.45) is 0 Å². The lowest BCUT2D eigenvalue weighted by Gasteiger charge is -2.11. The van der Waals surface area contributed by atoms with Gasteiger partial charge >= 0.3 is 0 Å². The predicted molar refractivity (Wildman–Crippen MR) is 106 cm³/mol. The topological polar surface area (TPSA) is 59.1 Å². The number of benzene rings is 2. The molecule has 5 heteroatoms. The highest BCUT2D eigenvalue weighted by molar-refractivity contribution is 5.55. The van der Waals surface area contributed by atoms with Gasteiger partial charge in [-0.05, 0) is 62.2 Å². The van der Waals surface area contributed by atoms with Crippen molar-refractivity contribution in [3.8, 4) is 5.75 Å². The highest BCUT2D eigenvalue weighted by Gasteiger charge is 2.03. The molecule has 0 aliphatic rings. The molecule has 5 nitrogen and oxygen atoms in total. The summed E-state index contributed by atoms with van der Waals surface area (Å²) in [4.78, 5) is 8.80. The van der Waals surface area contributed by atoms with Crippen LogP contribution in [0.25, 0.3) is 0 Å². The normalized spacial score (nSPS) is 10.6. The third-order valence-corrected chi connectivity index (χ3v) is 3.86. The Balaban J connectivity index is 1.63. The van der Waals surface area contributed by atoms with Crippen LogP contribution in [0.4, 0.5) is 17.5 Å². The van der Waals surface area contributed by atoms with E-state index in [1.807, 2.05) is 56.3 Å². The number of aromatic nitrogens is 2. The molecule has 1 aromatic heterocycles. The van der Waals surface area contributed by atoms with Gasteiger partial charge in [0.1, 0.15) is 11.6 Å². The largest absolute Gasteiger partial charge is 0.491 e. The molecule has 134 valence electrons. The summed E-state index contributed by atoms with van der Waals surface area (Å²) in [6.07, 6.45) is 1.90. The Morgan fingerprint density at radius 3 is 2.50 bits per heavy atom. The zero-order valence-electron chi connectivity index (χ0n) is 15.4. The van der Waals surface area contributed by atoms with Gasteiger partial charge in [-0.25, -0.2) is 4.98 Å². The van der Waals surface area contributed by atoms with Crippen LogP contribution in [0.3, 0.4) is 0 Å². The predicted octanol–water partition coefficient (Wildman–Crippen LogP) is 4.93. The SMILES string of the molecule is Cc1ccccc1CNc1ccnc(Nc2ccc(OC(C)C)cc2)n1. The van der Waals surface area contributed by atoms with Gasteiger partial charge in [-0.1, -0.05) is 24.3 Å². The minimum absolute atomic E-state index is 0.160. The lowest BCUT2D eigenvalue weighted by molar-refractivity contribution is 0.242. The maximum atomic E-state index is 5.65. The Labute approximate surface area is 154 Å². The zero-order chi connectivity index (χ0) is 18.4. The molecule has 2 aromatic carbocycles. The van der Waals surface area contributed by atoms with Gasteiger partial charge in [0.25, 0.3) is 0 Å². The Bertz CT molecular complexity index is 847. The number of hydrogen-bond acceptors (Lipinski definition) is 5. The van der Waals surface area contributed by atoms with E-state index in [9.17, 15) is 0 Å². The van der Waals surface area contributed by atoms with E-state index < -0.39 is 0 Å². The van der Waals surface area contributed by atoms with Crippen LogP contribution in [0, 0.1) is 6.92 Å². The Kier molecular flexibility index (Phi) is 5.69. The van der Waals surface area contributed by atoms with Crippen molar-refractivity contribution in [2.75, 3.05) is 10.6 Å². The molecule has 0 unspecified atom stereocenters. The minimum Gasteiger partial charge on any atom is -0.491 e. The summed E-state index contributed by atoms with van der Waals surface area (Å²) in [6.45, 7) is 6.85. The van der Waals surface area contributed by atoms with E-state index in [0.717, 1.165) is 23.8 Å². The van der Waals surface area contributed by atoms with E-state index in [2.05, 4.69) is 39.7 Å². The quantitative estimate of drug-likeness (QED) is 0.634. The van der Waals surface area contributed by atoms with Crippen molar-refractivity contribution in [2.45, 2.75) is 33.4 Å². The molecule has 2 N–H and O–H groups in total. The van der Waals surface area contributed by atoms with Crippen molar-refractivity contribution in [3.63, 3.8) is 0 Å². The van der Waals surface area contributed by atoms with Crippen molar-refractivity contribution < 1.29 is 4.74 Å². The Hall–Kier alpha value is -3.08. The molecule has 1 heterocycles. The molecule has 0 amide bonds. The standard InChI is InChI=1S/C21H24N4O/c1-15(2)26-19-10-8-18(9-11-19)24-21-22-13-12-20(25-21)23-14-17-7-5-4-6-16(17)3/h4-13,15H,14H2,1-3H3,(H2,22,23,24,25). The summed E-state index contributed by atoms with van der Waals surface area (Å²) in [5, 5.41) is 6.56. The molecule has 26 heavy (non-hydrogen) atoms. The van der Waals surface area contributed by atoms with Crippen LogP contribution >= 0.6 is 0 Å². The number of rotatable bonds is 7. The van der Waals surface area contributed by atoms with Gasteiger partial charge in [0.05, 0.1) is 6.10 Å². The van der Waals surface area contributed by atoms with E-state index >= 15 is 0 Å². The molecule has 3 aromatic rings. The molecule has 0 radical (unpaired) electrons. The molecule has 0 aliphatic carbocycles. The third-order valence-electron chi connectivity index (χ3n) is 3.86. The van der Waals surface area contributed by atoms with Crippen LogP contribution in [-0.4, -0.2) is 16.1 Å². The van der Waals surface area contributed by atoms with Crippen molar-refractivity contribution in [3.05, 3.63) is 71.9 Å². The van der Waals surface area contributed by atoms with Crippen LogP contribution in [0.2, 0.25) is 0 Å². The van der Waals surface area contributed by atoms with E-state index in [1.165, 1.54) is 11.1 Å². The Morgan fingerprint density at radius 2 is 1.77 bits per heavy atom. The molecule has 0 aliphatic heterocycles. The summed E-state index contributed by atoms with van der Waals surface area (Å²) in [5.74, 6) is 2.18. The highest BCUT2D eigenvalue weighted by atomic mass is 16.5. The van der Waals surface area contributed by atoms with Crippen LogP contribution in [-0.2, 0) is 6.54 Å². The van der Waals surface area contributed by atoms with Gasteiger partial charge in [0, 0.05) is 18.4 Å². The van der Waals surface area contributed by atoms with Crippen molar-refractivity contribution >= 4 is 17.5 Å². The minimum atomic E-state index is 0.160. The van der Waals surface area contributed by atoms with Gasteiger partial charge in [-0.2, -0.15) is 4.98 Å². The summed E-state index contributed by atoms with van der Waals surface area (Å²) >= 11 is 0. The lowest BCUT2D eigenvalue weighted by Crippen LogP contribution is -2.06. The summed E-state index contributed by atoms with van der Waals surface area (Å²) in [6, 6.07) is 17.9. The number of hydrogen-bond donors (Lipinski definition) is 2. The molecule has 0 fully saturated rings. The maximum Gasteiger partial charge on any atom is 0.229 e. The maximum absolute atomic E-state index is 5.65. The lowest BCUT2D eigenvalue weighted by atomic mass is 10.1. The number of ether oxygens (including phenoxy) is 1. The van der Waals surface area contributed by atoms with Crippen LogP contribution in [0.5, 0.6) is 5.75 Å². The van der Waals surface area contributed by atoms with Crippen LogP contribution in [0.1, 0.15) is 25.0 Å². The first-order chi connectivity index (χ1) is 12.6. The molecular formula is C21H24N4O. The highest BCUT2D eigenvalue weighted by Crippen LogP contribution is 2.20. The summed E-state index contributed by atoms with van der Waals surface area (Å²) < 4.78 is 5.65. The number of nitrogens with one attached hydrogen (secondary N) is 2. The zero-order valence-corrected chi connectivity index (χ0v) is 15.4. The summed E-state index contributed by atoms with van der Waals surface area (Å²) in [7, 11) is 0. The molecule has 0 spiro atoms. The van der Waals surface area contributed by atoms with E-state index in [1.54, 1.807) is 6.20 Å². The van der Waals surface area contributed by atoms with Gasteiger partial charge < -0.3 is 15.4 Å². The average molecular weight is 348 g/mol. The van der Waals surface area contributed by atoms with E-state index in [0.29, 0.717) is 5.95 Å².